The molecular formula is C31H44N8O. The lowest BCUT2D eigenvalue weighted by atomic mass is 9.97. The lowest BCUT2D eigenvalue weighted by molar-refractivity contribution is -0.125. The maximum absolute atomic E-state index is 13.1. The number of rotatable bonds is 7. The molecule has 9 heteroatoms. The Morgan fingerprint density at radius 3 is 2.73 bits per heavy atom. The molecule has 0 bridgehead atoms. The smallest absolute Gasteiger partial charge is 0.224 e. The predicted molar refractivity (Wildman–Crippen MR) is 160 cm³/mol. The van der Waals surface area contributed by atoms with Crippen LogP contribution in [0.5, 0.6) is 0 Å². The number of nitrogens with zero attached hydrogens (tertiary/aromatic N) is 7. The van der Waals surface area contributed by atoms with Gasteiger partial charge in [0.25, 0.3) is 0 Å². The number of carbonyl (C=O) groups excluding carboxylic acids is 1. The summed E-state index contributed by atoms with van der Waals surface area (Å²) in [5.41, 5.74) is 5.90. The van der Waals surface area contributed by atoms with E-state index in [1.54, 1.807) is 6.33 Å². The van der Waals surface area contributed by atoms with E-state index in [2.05, 4.69) is 66.6 Å². The molecule has 214 valence electrons. The van der Waals surface area contributed by atoms with E-state index in [4.69, 9.17) is 4.98 Å². The number of hydrogen-bond acceptors (Lipinski definition) is 7. The van der Waals surface area contributed by atoms with E-state index < -0.39 is 0 Å². The van der Waals surface area contributed by atoms with Gasteiger partial charge >= 0.3 is 0 Å². The second kappa shape index (κ2) is 12.1. The molecule has 9 nitrogen and oxygen atoms in total. The number of benzene rings is 1. The molecule has 3 aliphatic heterocycles. The number of amides is 1. The summed E-state index contributed by atoms with van der Waals surface area (Å²) in [4.78, 5) is 34.7. The molecule has 0 radical (unpaired) electrons. The van der Waals surface area contributed by atoms with Gasteiger partial charge in [-0.3, -0.25) is 9.69 Å². The number of aromatic nitrogens is 4. The van der Waals surface area contributed by atoms with Crippen molar-refractivity contribution in [1.82, 2.24) is 29.7 Å². The molecule has 5 heterocycles. The van der Waals surface area contributed by atoms with Crippen molar-refractivity contribution >= 4 is 28.6 Å². The molecule has 40 heavy (non-hydrogen) atoms. The van der Waals surface area contributed by atoms with Crippen molar-refractivity contribution in [3.8, 4) is 0 Å². The monoisotopic (exact) mass is 544 g/mol. The first-order chi connectivity index (χ1) is 19.6. The first kappa shape index (κ1) is 27.0. The molecule has 2 aromatic heterocycles. The lowest BCUT2D eigenvalue weighted by Crippen LogP contribution is -2.47. The first-order valence-corrected chi connectivity index (χ1v) is 15.3. The minimum Gasteiger partial charge on any atom is -0.369 e. The highest BCUT2D eigenvalue weighted by molar-refractivity contribution is 5.85. The highest BCUT2D eigenvalue weighted by atomic mass is 16.1. The van der Waals surface area contributed by atoms with Gasteiger partial charge in [-0.25, -0.2) is 15.0 Å². The Morgan fingerprint density at radius 1 is 0.975 bits per heavy atom. The molecule has 0 unspecified atom stereocenters. The lowest BCUT2D eigenvalue weighted by Gasteiger charge is -2.37. The third-order valence-corrected chi connectivity index (χ3v) is 8.99. The average molecular weight is 545 g/mol. The van der Waals surface area contributed by atoms with Crippen molar-refractivity contribution in [3.63, 3.8) is 0 Å². The zero-order chi connectivity index (χ0) is 27.5. The molecular weight excluding hydrogens is 500 g/mol. The molecule has 0 spiro atoms. The number of piperazine rings is 1. The van der Waals surface area contributed by atoms with Crippen molar-refractivity contribution in [2.45, 2.75) is 65.3 Å². The highest BCUT2D eigenvalue weighted by Crippen LogP contribution is 2.29. The minimum atomic E-state index is -0.0136. The van der Waals surface area contributed by atoms with Gasteiger partial charge in [-0.05, 0) is 69.7 Å². The van der Waals surface area contributed by atoms with Crippen molar-refractivity contribution in [3.05, 3.63) is 41.5 Å². The molecule has 2 saturated heterocycles. The van der Waals surface area contributed by atoms with Gasteiger partial charge in [0.2, 0.25) is 5.91 Å². The number of carbonyl (C=O) groups is 1. The van der Waals surface area contributed by atoms with Crippen LogP contribution in [-0.2, 0) is 17.8 Å². The van der Waals surface area contributed by atoms with Crippen LogP contribution in [-0.4, -0.2) is 82.7 Å². The normalized spacial score (nSPS) is 20.4. The number of piperidine rings is 1. The molecule has 6 rings (SSSR count). The van der Waals surface area contributed by atoms with Crippen LogP contribution in [0.25, 0.3) is 11.2 Å². The highest BCUT2D eigenvalue weighted by Gasteiger charge is 2.29. The standard InChI is InChI=1S/C31H44N8O/c1-23-10-11-24(2)26(20-23)37-18-16-36(17-19-37)13-7-12-32-31(40)25-8-6-14-38(21-25)29-28-30(34-22-33-29)39-15-5-3-4-9-27(39)35-28/h10-11,20,22,25H,3-9,12-19,21H2,1-2H3,(H,32,40)/t25-/m1/s1. The molecule has 2 fully saturated rings. The van der Waals surface area contributed by atoms with Gasteiger partial charge < -0.3 is 19.7 Å². The van der Waals surface area contributed by atoms with Gasteiger partial charge in [-0.15, -0.1) is 0 Å². The Bertz CT molecular complexity index is 1330. The summed E-state index contributed by atoms with van der Waals surface area (Å²) < 4.78 is 2.28. The van der Waals surface area contributed by atoms with Gasteiger partial charge in [-0.1, -0.05) is 18.6 Å². The number of aryl methyl sites for hydroxylation is 4. The Balaban J connectivity index is 0.978. The van der Waals surface area contributed by atoms with Gasteiger partial charge in [0.05, 0.1) is 5.92 Å². The van der Waals surface area contributed by atoms with Gasteiger partial charge in [0.15, 0.2) is 17.0 Å². The second-order valence-corrected chi connectivity index (χ2v) is 11.9. The van der Waals surface area contributed by atoms with E-state index in [0.29, 0.717) is 6.54 Å². The van der Waals surface area contributed by atoms with Crippen LogP contribution >= 0.6 is 0 Å². The Morgan fingerprint density at radius 2 is 1.85 bits per heavy atom. The number of hydrogen-bond donors (Lipinski definition) is 1. The third kappa shape index (κ3) is 5.80. The molecule has 1 aromatic carbocycles. The zero-order valence-corrected chi connectivity index (χ0v) is 24.2. The molecule has 0 saturated carbocycles. The Labute approximate surface area is 238 Å². The molecule has 3 aliphatic rings. The summed E-state index contributed by atoms with van der Waals surface area (Å²) >= 11 is 0. The van der Waals surface area contributed by atoms with Crippen LogP contribution in [0.15, 0.2) is 24.5 Å². The topological polar surface area (TPSA) is 82.4 Å². The van der Waals surface area contributed by atoms with Gasteiger partial charge in [0, 0.05) is 64.5 Å². The van der Waals surface area contributed by atoms with Crippen molar-refractivity contribution in [1.29, 1.82) is 0 Å². The predicted octanol–water partition coefficient (Wildman–Crippen LogP) is 3.71. The van der Waals surface area contributed by atoms with Crippen molar-refractivity contribution in [2.75, 3.05) is 62.2 Å². The van der Waals surface area contributed by atoms with Gasteiger partial charge in [-0.2, -0.15) is 0 Å². The second-order valence-electron chi connectivity index (χ2n) is 11.9. The molecule has 1 amide bonds. The van der Waals surface area contributed by atoms with E-state index in [-0.39, 0.29) is 11.8 Å². The largest absolute Gasteiger partial charge is 0.369 e. The van der Waals surface area contributed by atoms with E-state index in [9.17, 15) is 4.79 Å². The van der Waals surface area contributed by atoms with Crippen LogP contribution in [0.2, 0.25) is 0 Å². The molecule has 0 aliphatic carbocycles. The van der Waals surface area contributed by atoms with E-state index in [0.717, 1.165) is 101 Å². The van der Waals surface area contributed by atoms with Crippen LogP contribution in [0.4, 0.5) is 11.5 Å². The molecule has 1 N–H and O–H groups in total. The number of fused-ring (bicyclic) bond motifs is 3. The number of nitrogens with one attached hydrogen (secondary N) is 1. The quantitative estimate of drug-likeness (QED) is 0.454. The fraction of sp³-hybridized carbons (Fsp3) is 0.613. The molecule has 1 atom stereocenters. The SMILES string of the molecule is Cc1ccc(C)c(N2CCN(CCCNC(=O)[C@@H]3CCCN(c4ncnc5c4nc4n5CCCCC4)C3)CC2)c1. The van der Waals surface area contributed by atoms with Gasteiger partial charge in [0.1, 0.15) is 12.2 Å². The Hall–Kier alpha value is -3.20. The molecule has 3 aromatic rings. The third-order valence-electron chi connectivity index (χ3n) is 8.99. The van der Waals surface area contributed by atoms with Crippen molar-refractivity contribution in [2.24, 2.45) is 5.92 Å². The summed E-state index contributed by atoms with van der Waals surface area (Å²) in [6.45, 7) is 13.0. The fourth-order valence-electron chi connectivity index (χ4n) is 6.67. The number of imidazole rings is 1. The summed E-state index contributed by atoms with van der Waals surface area (Å²) in [6.07, 6.45) is 9.17. The van der Waals surface area contributed by atoms with E-state index in [1.165, 1.54) is 36.1 Å². The number of anilines is 2. The van der Waals surface area contributed by atoms with Crippen LogP contribution in [0, 0.1) is 19.8 Å². The summed E-state index contributed by atoms with van der Waals surface area (Å²) in [5, 5.41) is 3.24. The minimum absolute atomic E-state index is 0.0136. The maximum atomic E-state index is 13.1. The van der Waals surface area contributed by atoms with Crippen molar-refractivity contribution < 1.29 is 4.79 Å². The van der Waals surface area contributed by atoms with Crippen LogP contribution in [0.3, 0.4) is 0 Å². The maximum Gasteiger partial charge on any atom is 0.224 e. The summed E-state index contributed by atoms with van der Waals surface area (Å²) in [6, 6.07) is 6.73. The Kier molecular flexibility index (Phi) is 8.18. The van der Waals surface area contributed by atoms with E-state index >= 15 is 0 Å². The fourth-order valence-corrected chi connectivity index (χ4v) is 6.67. The first-order valence-electron chi connectivity index (χ1n) is 15.3. The average Bonchev–Trinajstić information content (AvgIpc) is 3.17. The summed E-state index contributed by atoms with van der Waals surface area (Å²) in [5.74, 6) is 2.19. The van der Waals surface area contributed by atoms with Crippen LogP contribution < -0.4 is 15.1 Å². The van der Waals surface area contributed by atoms with E-state index in [1.807, 2.05) is 0 Å². The summed E-state index contributed by atoms with van der Waals surface area (Å²) in [7, 11) is 0. The van der Waals surface area contributed by atoms with Crippen LogP contribution in [0.1, 0.15) is 55.5 Å². The zero-order valence-electron chi connectivity index (χ0n) is 24.2.